The first-order valence-electron chi connectivity index (χ1n) is 12.8. The molecule has 0 N–H and O–H groups in total. The standard InChI is InChI=1S/C24H22N2O3.C5H10O.C2H6/c1-25(2)15-9-11-19-21(13-15)28-22-14-16(26(3)4)10-12-20(22)24(19)18-8-6-5-7-17(18)23(27)29-24;1-3-5(2)4-6;1-2/h5-14H,1-4H3;4-5H,3H2,1-2H3;1-2H3. The molecule has 0 fully saturated rings. The monoisotopic (exact) mass is 502 g/mol. The molecular formula is C31H38N2O4. The van der Waals surface area contributed by atoms with E-state index < -0.39 is 5.60 Å². The molecule has 2 aliphatic heterocycles. The molecule has 3 aromatic rings. The third-order valence-corrected chi connectivity index (χ3v) is 6.59. The first-order chi connectivity index (χ1) is 17.7. The van der Waals surface area contributed by atoms with Crippen LogP contribution in [0.2, 0.25) is 0 Å². The fourth-order valence-electron chi connectivity index (χ4n) is 4.31. The van der Waals surface area contributed by atoms with Crippen LogP contribution in [0.15, 0.2) is 60.7 Å². The molecule has 1 unspecified atom stereocenters. The summed E-state index contributed by atoms with van der Waals surface area (Å²) >= 11 is 0. The highest BCUT2D eigenvalue weighted by Crippen LogP contribution is 2.56. The molecule has 196 valence electrons. The third kappa shape index (κ3) is 5.06. The van der Waals surface area contributed by atoms with Crippen LogP contribution in [0.3, 0.4) is 0 Å². The Kier molecular flexibility index (Phi) is 8.64. The Balaban J connectivity index is 0.000000421. The summed E-state index contributed by atoms with van der Waals surface area (Å²) in [5, 5.41) is 0. The van der Waals surface area contributed by atoms with Gasteiger partial charge in [0.05, 0.1) is 5.56 Å². The maximum Gasteiger partial charge on any atom is 0.340 e. The molecule has 0 amide bonds. The number of hydrogen-bond donors (Lipinski definition) is 0. The highest BCUT2D eigenvalue weighted by molar-refractivity contribution is 5.97. The van der Waals surface area contributed by atoms with Gasteiger partial charge in [-0.2, -0.15) is 0 Å². The topological polar surface area (TPSA) is 59.1 Å². The minimum Gasteiger partial charge on any atom is -0.456 e. The van der Waals surface area contributed by atoms with Crippen LogP contribution in [-0.4, -0.2) is 40.4 Å². The predicted octanol–water partition coefficient (Wildman–Crippen LogP) is 6.64. The lowest BCUT2D eigenvalue weighted by atomic mass is 9.77. The molecule has 1 atom stereocenters. The van der Waals surface area contributed by atoms with Gasteiger partial charge in [0, 0.05) is 74.3 Å². The number of carbonyl (C=O) groups excluding carboxylic acids is 2. The number of rotatable bonds is 4. The van der Waals surface area contributed by atoms with Gasteiger partial charge in [-0.3, -0.25) is 0 Å². The first-order valence-corrected chi connectivity index (χ1v) is 12.8. The number of ether oxygens (including phenoxy) is 2. The van der Waals surface area contributed by atoms with Gasteiger partial charge in [-0.05, 0) is 36.8 Å². The lowest BCUT2D eigenvalue weighted by Gasteiger charge is -2.37. The molecule has 0 saturated carbocycles. The van der Waals surface area contributed by atoms with Crippen LogP contribution >= 0.6 is 0 Å². The Bertz CT molecular complexity index is 1210. The van der Waals surface area contributed by atoms with E-state index in [1.54, 1.807) is 0 Å². The van der Waals surface area contributed by atoms with E-state index in [4.69, 9.17) is 9.47 Å². The predicted molar refractivity (Wildman–Crippen MR) is 150 cm³/mol. The van der Waals surface area contributed by atoms with Crippen LogP contribution in [0.5, 0.6) is 11.5 Å². The van der Waals surface area contributed by atoms with Crippen molar-refractivity contribution in [3.05, 3.63) is 82.9 Å². The zero-order chi connectivity index (χ0) is 27.3. The fourth-order valence-corrected chi connectivity index (χ4v) is 4.31. The minimum atomic E-state index is -1.01. The maximum atomic E-state index is 12.8. The summed E-state index contributed by atoms with van der Waals surface area (Å²) in [6.07, 6.45) is 1.93. The molecule has 6 nitrogen and oxygen atoms in total. The average Bonchev–Trinajstić information content (AvgIpc) is 3.21. The zero-order valence-electron chi connectivity index (χ0n) is 23.2. The van der Waals surface area contributed by atoms with Crippen molar-refractivity contribution in [3.63, 3.8) is 0 Å². The highest BCUT2D eigenvalue weighted by atomic mass is 16.6. The Morgan fingerprint density at radius 2 is 1.35 bits per heavy atom. The third-order valence-electron chi connectivity index (χ3n) is 6.59. The van der Waals surface area contributed by atoms with Gasteiger partial charge in [-0.15, -0.1) is 0 Å². The van der Waals surface area contributed by atoms with Crippen molar-refractivity contribution >= 4 is 23.6 Å². The largest absolute Gasteiger partial charge is 0.456 e. The number of hydrogen-bond acceptors (Lipinski definition) is 6. The molecule has 0 saturated heterocycles. The zero-order valence-corrected chi connectivity index (χ0v) is 23.2. The second-order valence-corrected chi connectivity index (χ2v) is 9.39. The van der Waals surface area contributed by atoms with Crippen molar-refractivity contribution in [2.45, 2.75) is 39.7 Å². The molecule has 37 heavy (non-hydrogen) atoms. The van der Waals surface area contributed by atoms with E-state index in [-0.39, 0.29) is 11.9 Å². The highest BCUT2D eigenvalue weighted by Gasteiger charge is 2.53. The maximum absolute atomic E-state index is 12.8. The molecule has 5 rings (SSSR count). The van der Waals surface area contributed by atoms with Crippen molar-refractivity contribution in [3.8, 4) is 11.5 Å². The molecular weight excluding hydrogens is 464 g/mol. The summed E-state index contributed by atoms with van der Waals surface area (Å²) in [5.74, 6) is 1.34. The molecule has 1 spiro atoms. The molecule has 2 heterocycles. The second-order valence-electron chi connectivity index (χ2n) is 9.39. The SMILES string of the molecule is CC.CCC(C)C=O.CN(C)c1ccc2c(c1)Oc1cc(N(C)C)ccc1C21OC(=O)c2ccccc21. The van der Waals surface area contributed by atoms with E-state index in [0.717, 1.165) is 40.8 Å². The molecule has 0 aliphatic carbocycles. The van der Waals surface area contributed by atoms with Gasteiger partial charge in [-0.25, -0.2) is 4.79 Å². The minimum absolute atomic E-state index is 0.255. The Hall–Kier alpha value is -3.80. The van der Waals surface area contributed by atoms with Gasteiger partial charge < -0.3 is 24.1 Å². The van der Waals surface area contributed by atoms with Crippen LogP contribution in [0.1, 0.15) is 61.2 Å². The van der Waals surface area contributed by atoms with Crippen molar-refractivity contribution < 1.29 is 19.1 Å². The molecule has 0 aromatic heterocycles. The van der Waals surface area contributed by atoms with E-state index in [1.807, 2.05) is 126 Å². The van der Waals surface area contributed by atoms with Gasteiger partial charge in [0.1, 0.15) is 17.8 Å². The van der Waals surface area contributed by atoms with Gasteiger partial charge >= 0.3 is 5.97 Å². The van der Waals surface area contributed by atoms with Gasteiger partial charge in [0.25, 0.3) is 0 Å². The van der Waals surface area contributed by atoms with E-state index in [1.165, 1.54) is 0 Å². The smallest absolute Gasteiger partial charge is 0.340 e. The first kappa shape index (κ1) is 27.8. The van der Waals surface area contributed by atoms with E-state index in [9.17, 15) is 9.59 Å². The Morgan fingerprint density at radius 1 is 0.838 bits per heavy atom. The number of benzene rings is 3. The fraction of sp³-hybridized carbons (Fsp3) is 0.355. The summed E-state index contributed by atoms with van der Waals surface area (Å²) < 4.78 is 12.5. The van der Waals surface area contributed by atoms with E-state index in [2.05, 4.69) is 0 Å². The summed E-state index contributed by atoms with van der Waals surface area (Å²) in [5.41, 5.74) is 4.16. The summed E-state index contributed by atoms with van der Waals surface area (Å²) in [6.45, 7) is 7.91. The van der Waals surface area contributed by atoms with Crippen LogP contribution in [-0.2, 0) is 15.1 Å². The van der Waals surface area contributed by atoms with Crippen LogP contribution < -0.4 is 14.5 Å². The van der Waals surface area contributed by atoms with Gasteiger partial charge in [0.15, 0.2) is 5.60 Å². The van der Waals surface area contributed by atoms with Crippen molar-refractivity contribution in [2.75, 3.05) is 38.0 Å². The number of anilines is 2. The molecule has 0 bridgehead atoms. The lowest BCUT2D eigenvalue weighted by molar-refractivity contribution is -0.110. The summed E-state index contributed by atoms with van der Waals surface area (Å²) in [7, 11) is 7.96. The van der Waals surface area contributed by atoms with E-state index >= 15 is 0 Å². The molecule has 0 radical (unpaired) electrons. The van der Waals surface area contributed by atoms with Gasteiger partial charge in [0.2, 0.25) is 0 Å². The second kappa shape index (κ2) is 11.5. The quantitative estimate of drug-likeness (QED) is 0.294. The Labute approximate surface area is 220 Å². The number of esters is 1. The van der Waals surface area contributed by atoms with Crippen LogP contribution in [0, 0.1) is 5.92 Å². The molecule has 3 aromatic carbocycles. The number of fused-ring (bicyclic) bond motifs is 6. The van der Waals surface area contributed by atoms with Crippen molar-refractivity contribution in [1.29, 1.82) is 0 Å². The van der Waals surface area contributed by atoms with Crippen LogP contribution in [0.25, 0.3) is 0 Å². The number of aldehydes is 1. The van der Waals surface area contributed by atoms with E-state index in [0.29, 0.717) is 17.1 Å². The number of carbonyl (C=O) groups is 2. The van der Waals surface area contributed by atoms with Gasteiger partial charge in [-0.1, -0.05) is 45.9 Å². The molecule has 2 aliphatic rings. The summed E-state index contributed by atoms with van der Waals surface area (Å²) in [4.78, 5) is 26.6. The van der Waals surface area contributed by atoms with Crippen LogP contribution in [0.4, 0.5) is 11.4 Å². The normalized spacial score (nSPS) is 14.2. The number of nitrogens with zero attached hydrogens (tertiary/aromatic N) is 2. The Morgan fingerprint density at radius 3 is 1.78 bits per heavy atom. The van der Waals surface area contributed by atoms with Crippen molar-refractivity contribution in [1.82, 2.24) is 0 Å². The summed E-state index contributed by atoms with van der Waals surface area (Å²) in [6, 6.07) is 19.7. The molecule has 6 heteroatoms. The average molecular weight is 503 g/mol. The van der Waals surface area contributed by atoms with Crippen molar-refractivity contribution in [2.24, 2.45) is 5.92 Å². The lowest BCUT2D eigenvalue weighted by Crippen LogP contribution is -2.33.